The summed E-state index contributed by atoms with van der Waals surface area (Å²) in [6, 6.07) is 7.34. The summed E-state index contributed by atoms with van der Waals surface area (Å²) in [7, 11) is 0. The minimum Gasteiger partial charge on any atom is -0.395 e. The largest absolute Gasteiger partial charge is 0.395 e. The van der Waals surface area contributed by atoms with E-state index in [9.17, 15) is 14.4 Å². The lowest BCUT2D eigenvalue weighted by Crippen LogP contribution is -2.34. The molecule has 1 fully saturated rings. The highest BCUT2D eigenvalue weighted by Gasteiger charge is 2.31. The first-order valence-electron chi connectivity index (χ1n) is 7.89. The van der Waals surface area contributed by atoms with Crippen molar-refractivity contribution in [2.24, 2.45) is 0 Å². The van der Waals surface area contributed by atoms with Crippen molar-refractivity contribution in [2.45, 2.75) is 25.8 Å². The molecule has 24 heavy (non-hydrogen) atoms. The van der Waals surface area contributed by atoms with Gasteiger partial charge in [-0.2, -0.15) is 0 Å². The van der Waals surface area contributed by atoms with E-state index in [-0.39, 0.29) is 30.8 Å². The fourth-order valence-corrected chi connectivity index (χ4v) is 3.00. The van der Waals surface area contributed by atoms with Crippen LogP contribution in [0, 0.1) is 0 Å². The highest BCUT2D eigenvalue weighted by molar-refractivity contribution is 6.17. The molecule has 3 rings (SSSR count). The molecule has 0 saturated carbocycles. The highest BCUT2D eigenvalue weighted by atomic mass is 16.3. The molecule has 0 aliphatic carbocycles. The second-order valence-electron chi connectivity index (χ2n) is 5.90. The molecule has 0 bridgehead atoms. The molecule has 0 aromatic heterocycles. The Balaban J connectivity index is 1.71. The summed E-state index contributed by atoms with van der Waals surface area (Å²) in [5.41, 5.74) is 1.64. The molecule has 1 aromatic rings. The number of hydrogen-bond donors (Lipinski definition) is 2. The number of imide groups is 1. The van der Waals surface area contributed by atoms with Gasteiger partial charge in [0.15, 0.2) is 0 Å². The molecule has 7 nitrogen and oxygen atoms in total. The lowest BCUT2D eigenvalue weighted by atomic mass is 10.2. The van der Waals surface area contributed by atoms with Crippen molar-refractivity contribution in [3.8, 4) is 0 Å². The number of benzene rings is 1. The van der Waals surface area contributed by atoms with E-state index in [2.05, 4.69) is 5.32 Å². The van der Waals surface area contributed by atoms with Gasteiger partial charge in [-0.3, -0.25) is 19.3 Å². The van der Waals surface area contributed by atoms with Gasteiger partial charge in [-0.25, -0.2) is 0 Å². The van der Waals surface area contributed by atoms with Gasteiger partial charge in [-0.05, 0) is 37.6 Å². The molecule has 2 N–H and O–H groups in total. The zero-order valence-electron chi connectivity index (χ0n) is 13.4. The fourth-order valence-electron chi connectivity index (χ4n) is 3.00. The molecule has 2 aliphatic rings. The number of aliphatic hydroxyl groups excluding tert-OH is 1. The Kier molecular flexibility index (Phi) is 4.35. The van der Waals surface area contributed by atoms with Gasteiger partial charge in [0.25, 0.3) is 11.8 Å². The Hall–Kier alpha value is -2.67. The van der Waals surface area contributed by atoms with E-state index in [1.807, 2.05) is 19.1 Å². The molecular formula is C17H19N3O4. The monoisotopic (exact) mass is 329 g/mol. The molecular weight excluding hydrogens is 310 g/mol. The van der Waals surface area contributed by atoms with Gasteiger partial charge in [0.05, 0.1) is 13.2 Å². The van der Waals surface area contributed by atoms with Crippen molar-refractivity contribution in [3.63, 3.8) is 0 Å². The maximum atomic E-state index is 12.1. The summed E-state index contributed by atoms with van der Waals surface area (Å²) in [6.45, 7) is 1.73. The van der Waals surface area contributed by atoms with Crippen LogP contribution in [0.2, 0.25) is 0 Å². The van der Waals surface area contributed by atoms with Gasteiger partial charge < -0.3 is 15.3 Å². The van der Waals surface area contributed by atoms with E-state index in [1.54, 1.807) is 17.0 Å². The van der Waals surface area contributed by atoms with Crippen LogP contribution in [0.25, 0.3) is 0 Å². The molecule has 3 amide bonds. The van der Waals surface area contributed by atoms with Crippen LogP contribution in [-0.2, 0) is 14.4 Å². The Bertz CT molecular complexity index is 711. The molecule has 0 radical (unpaired) electrons. The number of carbonyl (C=O) groups is 3. The molecule has 1 saturated heterocycles. The number of nitrogens with zero attached hydrogens (tertiary/aromatic N) is 2. The number of nitrogens with one attached hydrogen (secondary N) is 1. The molecule has 1 aromatic carbocycles. The van der Waals surface area contributed by atoms with Gasteiger partial charge in [0.2, 0.25) is 5.91 Å². The second kappa shape index (κ2) is 6.45. The van der Waals surface area contributed by atoms with Gasteiger partial charge in [0.1, 0.15) is 5.70 Å². The van der Waals surface area contributed by atoms with Gasteiger partial charge in [-0.15, -0.1) is 0 Å². The summed E-state index contributed by atoms with van der Waals surface area (Å²) in [5, 5.41) is 11.8. The van der Waals surface area contributed by atoms with E-state index in [4.69, 9.17) is 5.11 Å². The first-order valence-corrected chi connectivity index (χ1v) is 7.89. The summed E-state index contributed by atoms with van der Waals surface area (Å²) in [5.74, 6) is -0.784. The standard InChI is InChI=1S/C17H19N3O4/c1-11-2-7-15(22)20(11)13-5-3-12(4-6-13)18-14-10-16(23)19(8-9-21)17(14)24/h3-6,10-11,18,21H,2,7-9H2,1H3. The van der Waals surface area contributed by atoms with Gasteiger partial charge in [-0.1, -0.05) is 0 Å². The third kappa shape index (κ3) is 2.90. The molecule has 1 unspecified atom stereocenters. The summed E-state index contributed by atoms with van der Waals surface area (Å²) < 4.78 is 0. The molecule has 0 spiro atoms. The number of hydrogen-bond acceptors (Lipinski definition) is 5. The minimum absolute atomic E-state index is 0.0206. The number of rotatable bonds is 5. The normalized spacial score (nSPS) is 20.8. The Morgan fingerprint density at radius 2 is 1.92 bits per heavy atom. The third-order valence-corrected chi connectivity index (χ3v) is 4.24. The number of carbonyl (C=O) groups excluding carboxylic acids is 3. The van der Waals surface area contributed by atoms with Crippen molar-refractivity contribution >= 4 is 29.1 Å². The van der Waals surface area contributed by atoms with Crippen LogP contribution in [0.3, 0.4) is 0 Å². The van der Waals surface area contributed by atoms with Crippen LogP contribution in [0.5, 0.6) is 0 Å². The number of amides is 3. The Labute approximate surface area is 139 Å². The lowest BCUT2D eigenvalue weighted by molar-refractivity contribution is -0.137. The molecule has 1 atom stereocenters. The van der Waals surface area contributed by atoms with Crippen LogP contribution >= 0.6 is 0 Å². The third-order valence-electron chi connectivity index (χ3n) is 4.24. The maximum Gasteiger partial charge on any atom is 0.277 e. The van der Waals surface area contributed by atoms with Crippen molar-refractivity contribution in [1.82, 2.24) is 4.90 Å². The molecule has 126 valence electrons. The second-order valence-corrected chi connectivity index (χ2v) is 5.90. The summed E-state index contributed by atoms with van der Waals surface area (Å²) >= 11 is 0. The maximum absolute atomic E-state index is 12.1. The molecule has 2 heterocycles. The van der Waals surface area contributed by atoms with Crippen molar-refractivity contribution < 1.29 is 19.5 Å². The van der Waals surface area contributed by atoms with Crippen LogP contribution < -0.4 is 10.2 Å². The number of β-amino-alcohol motifs (C(OH)–C–C–N with tert-alkyl or cyclic N) is 1. The first-order chi connectivity index (χ1) is 11.5. The Morgan fingerprint density at radius 1 is 1.21 bits per heavy atom. The minimum atomic E-state index is -0.457. The molecule has 2 aliphatic heterocycles. The lowest BCUT2D eigenvalue weighted by Gasteiger charge is -2.22. The van der Waals surface area contributed by atoms with Crippen molar-refractivity contribution in [3.05, 3.63) is 36.0 Å². The average molecular weight is 329 g/mol. The quantitative estimate of drug-likeness (QED) is 0.782. The highest BCUT2D eigenvalue weighted by Crippen LogP contribution is 2.28. The van der Waals surface area contributed by atoms with Gasteiger partial charge >= 0.3 is 0 Å². The average Bonchev–Trinajstić information content (AvgIpc) is 3.03. The van der Waals surface area contributed by atoms with Crippen LogP contribution in [0.4, 0.5) is 11.4 Å². The fraction of sp³-hybridized carbons (Fsp3) is 0.353. The van der Waals surface area contributed by atoms with E-state index < -0.39 is 11.8 Å². The number of anilines is 2. The summed E-state index contributed by atoms with van der Waals surface area (Å²) in [4.78, 5) is 38.5. The van der Waals surface area contributed by atoms with E-state index in [0.717, 1.165) is 17.0 Å². The van der Waals surface area contributed by atoms with E-state index in [1.165, 1.54) is 6.08 Å². The zero-order chi connectivity index (χ0) is 17.3. The Morgan fingerprint density at radius 3 is 2.50 bits per heavy atom. The smallest absolute Gasteiger partial charge is 0.277 e. The predicted octanol–water partition coefficient (Wildman–Crippen LogP) is 0.859. The van der Waals surface area contributed by atoms with Crippen LogP contribution in [-0.4, -0.2) is 46.9 Å². The zero-order valence-corrected chi connectivity index (χ0v) is 13.4. The van der Waals surface area contributed by atoms with Crippen LogP contribution in [0.15, 0.2) is 36.0 Å². The molecule has 7 heteroatoms. The first kappa shape index (κ1) is 16.2. The van der Waals surface area contributed by atoms with E-state index in [0.29, 0.717) is 12.1 Å². The van der Waals surface area contributed by atoms with E-state index >= 15 is 0 Å². The summed E-state index contributed by atoms with van der Waals surface area (Å²) in [6.07, 6.45) is 2.63. The topological polar surface area (TPSA) is 90.0 Å². The SMILES string of the molecule is CC1CCC(=O)N1c1ccc(NC2=CC(=O)N(CCO)C2=O)cc1. The number of aliphatic hydroxyl groups is 1. The van der Waals surface area contributed by atoms with Crippen LogP contribution in [0.1, 0.15) is 19.8 Å². The van der Waals surface area contributed by atoms with Gasteiger partial charge in [0, 0.05) is 29.9 Å². The van der Waals surface area contributed by atoms with Crippen molar-refractivity contribution in [2.75, 3.05) is 23.4 Å². The van der Waals surface area contributed by atoms with Crippen molar-refractivity contribution in [1.29, 1.82) is 0 Å². The predicted molar refractivity (Wildman–Crippen MR) is 88.1 cm³/mol.